The van der Waals surface area contributed by atoms with E-state index in [1.807, 2.05) is 61.2 Å². The summed E-state index contributed by atoms with van der Waals surface area (Å²) in [4.78, 5) is 29.3. The Labute approximate surface area is 171 Å². The number of halogens is 1. The first-order valence-electron chi connectivity index (χ1n) is 9.49. The second-order valence-corrected chi connectivity index (χ2v) is 7.99. The van der Waals surface area contributed by atoms with E-state index < -0.39 is 5.41 Å². The lowest BCUT2D eigenvalue weighted by Crippen LogP contribution is -2.54. The molecule has 2 aromatic rings. The molecule has 2 amide bonds. The second kappa shape index (κ2) is 8.76. The molecule has 0 atom stereocenters. The Morgan fingerprint density at radius 3 is 2.21 bits per heavy atom. The minimum Gasteiger partial charge on any atom is -0.339 e. The van der Waals surface area contributed by atoms with Gasteiger partial charge in [0, 0.05) is 26.2 Å². The summed E-state index contributed by atoms with van der Waals surface area (Å²) >= 11 is 6.09. The quantitative estimate of drug-likeness (QED) is 0.838. The van der Waals surface area contributed by atoms with Gasteiger partial charge in [-0.05, 0) is 31.5 Å². The lowest BCUT2D eigenvalue weighted by molar-refractivity contribution is -0.138. The van der Waals surface area contributed by atoms with E-state index >= 15 is 0 Å². The Morgan fingerprint density at radius 2 is 1.57 bits per heavy atom. The molecule has 5 nitrogen and oxygen atoms in total. The van der Waals surface area contributed by atoms with E-state index in [9.17, 15) is 9.59 Å². The standard InChI is InChI=1S/C22H26ClN3O2/c1-22(2,17-8-4-3-5-9-17)21(28)26-14-12-25(13-15-26)16-20(27)24-19-11-7-6-10-18(19)23/h3-11H,12-16H2,1-2H3,(H,24,27). The van der Waals surface area contributed by atoms with Crippen LogP contribution >= 0.6 is 11.6 Å². The Morgan fingerprint density at radius 1 is 0.964 bits per heavy atom. The van der Waals surface area contributed by atoms with Crippen molar-refractivity contribution in [3.63, 3.8) is 0 Å². The topological polar surface area (TPSA) is 52.7 Å². The minimum atomic E-state index is -0.565. The molecule has 0 saturated carbocycles. The fourth-order valence-corrected chi connectivity index (χ4v) is 3.62. The van der Waals surface area contributed by atoms with Gasteiger partial charge < -0.3 is 10.2 Å². The third-order valence-electron chi connectivity index (χ3n) is 5.20. The van der Waals surface area contributed by atoms with Crippen LogP contribution in [0.4, 0.5) is 5.69 Å². The summed E-state index contributed by atoms with van der Waals surface area (Å²) in [5.41, 5.74) is 1.07. The zero-order chi connectivity index (χ0) is 20.1. The average molecular weight is 400 g/mol. The molecule has 1 aliphatic rings. The Bertz CT molecular complexity index is 831. The number of hydrogen-bond acceptors (Lipinski definition) is 3. The van der Waals surface area contributed by atoms with Crippen molar-refractivity contribution >= 4 is 29.1 Å². The predicted molar refractivity (Wildman–Crippen MR) is 113 cm³/mol. The van der Waals surface area contributed by atoms with E-state index in [1.165, 1.54) is 0 Å². The van der Waals surface area contributed by atoms with Crippen molar-refractivity contribution in [1.82, 2.24) is 9.80 Å². The van der Waals surface area contributed by atoms with E-state index in [4.69, 9.17) is 11.6 Å². The molecule has 1 heterocycles. The van der Waals surface area contributed by atoms with Gasteiger partial charge in [-0.25, -0.2) is 0 Å². The molecule has 6 heteroatoms. The largest absolute Gasteiger partial charge is 0.339 e. The van der Waals surface area contributed by atoms with Gasteiger partial charge in [0.15, 0.2) is 0 Å². The normalized spacial score (nSPS) is 15.3. The molecule has 1 aliphatic heterocycles. The van der Waals surface area contributed by atoms with E-state index in [0.29, 0.717) is 36.9 Å². The number of para-hydroxylation sites is 1. The second-order valence-electron chi connectivity index (χ2n) is 7.59. The Hall–Kier alpha value is -2.37. The summed E-state index contributed by atoms with van der Waals surface area (Å²) in [7, 11) is 0. The molecule has 0 unspecified atom stereocenters. The zero-order valence-corrected chi connectivity index (χ0v) is 17.1. The number of piperazine rings is 1. The highest BCUT2D eigenvalue weighted by molar-refractivity contribution is 6.33. The van der Waals surface area contributed by atoms with Crippen LogP contribution in [0.25, 0.3) is 0 Å². The van der Waals surface area contributed by atoms with Gasteiger partial charge in [-0.15, -0.1) is 0 Å². The summed E-state index contributed by atoms with van der Waals surface area (Å²) in [5, 5.41) is 3.37. The average Bonchev–Trinajstić information content (AvgIpc) is 2.70. The minimum absolute atomic E-state index is 0.0995. The van der Waals surface area contributed by atoms with Crippen LogP contribution in [0, 0.1) is 0 Å². The first-order valence-corrected chi connectivity index (χ1v) is 9.87. The van der Waals surface area contributed by atoms with Crippen LogP contribution in [0.5, 0.6) is 0 Å². The van der Waals surface area contributed by atoms with E-state index in [-0.39, 0.29) is 18.4 Å². The highest BCUT2D eigenvalue weighted by Crippen LogP contribution is 2.26. The number of carbonyl (C=O) groups is 2. The number of carbonyl (C=O) groups excluding carboxylic acids is 2. The van der Waals surface area contributed by atoms with E-state index in [1.54, 1.807) is 12.1 Å². The molecule has 3 rings (SSSR count). The highest BCUT2D eigenvalue weighted by atomic mass is 35.5. The molecule has 1 fully saturated rings. The number of amides is 2. The molecular weight excluding hydrogens is 374 g/mol. The number of nitrogens with one attached hydrogen (secondary N) is 1. The Balaban J connectivity index is 1.52. The van der Waals surface area contributed by atoms with Crippen molar-refractivity contribution in [2.75, 3.05) is 38.0 Å². The fraction of sp³-hybridized carbons (Fsp3) is 0.364. The maximum absolute atomic E-state index is 13.0. The van der Waals surface area contributed by atoms with Crippen molar-refractivity contribution in [1.29, 1.82) is 0 Å². The monoisotopic (exact) mass is 399 g/mol. The van der Waals surface area contributed by atoms with Crippen molar-refractivity contribution in [3.8, 4) is 0 Å². The number of benzene rings is 2. The Kier molecular flexibility index (Phi) is 6.37. The maximum Gasteiger partial charge on any atom is 0.238 e. The number of nitrogens with zero attached hydrogens (tertiary/aromatic N) is 2. The van der Waals surface area contributed by atoms with Crippen LogP contribution in [0.3, 0.4) is 0 Å². The smallest absolute Gasteiger partial charge is 0.238 e. The van der Waals surface area contributed by atoms with Gasteiger partial charge in [-0.3, -0.25) is 14.5 Å². The molecule has 0 aromatic heterocycles. The SMILES string of the molecule is CC(C)(C(=O)N1CCN(CC(=O)Nc2ccccc2Cl)CC1)c1ccccc1. The summed E-state index contributed by atoms with van der Waals surface area (Å²) in [6.45, 7) is 6.81. The molecule has 28 heavy (non-hydrogen) atoms. The van der Waals surface area contributed by atoms with Crippen molar-refractivity contribution in [2.24, 2.45) is 0 Å². The van der Waals surface area contributed by atoms with Crippen molar-refractivity contribution in [3.05, 3.63) is 65.2 Å². The summed E-state index contributed by atoms with van der Waals surface area (Å²) in [5.74, 6) is 0.0244. The molecular formula is C22H26ClN3O2. The first-order chi connectivity index (χ1) is 13.4. The van der Waals surface area contributed by atoms with Gasteiger partial charge in [0.1, 0.15) is 0 Å². The van der Waals surface area contributed by atoms with Crippen molar-refractivity contribution in [2.45, 2.75) is 19.3 Å². The van der Waals surface area contributed by atoms with Gasteiger partial charge >= 0.3 is 0 Å². The lowest BCUT2D eigenvalue weighted by atomic mass is 9.83. The molecule has 0 aliphatic carbocycles. The van der Waals surface area contributed by atoms with Gasteiger partial charge in [-0.2, -0.15) is 0 Å². The third-order valence-corrected chi connectivity index (χ3v) is 5.53. The lowest BCUT2D eigenvalue weighted by Gasteiger charge is -2.38. The maximum atomic E-state index is 13.0. The molecule has 2 aromatic carbocycles. The summed E-state index contributed by atoms with van der Waals surface area (Å²) in [6.07, 6.45) is 0. The van der Waals surface area contributed by atoms with Crippen molar-refractivity contribution < 1.29 is 9.59 Å². The third kappa shape index (κ3) is 4.72. The number of rotatable bonds is 5. The van der Waals surface area contributed by atoms with Crippen LogP contribution in [0.2, 0.25) is 5.02 Å². The van der Waals surface area contributed by atoms with Crippen LogP contribution in [-0.4, -0.2) is 54.3 Å². The molecule has 0 bridgehead atoms. The van der Waals surface area contributed by atoms with Gasteiger partial charge in [0.05, 0.1) is 22.7 Å². The summed E-state index contributed by atoms with van der Waals surface area (Å²) in [6, 6.07) is 17.0. The highest BCUT2D eigenvalue weighted by Gasteiger charge is 2.35. The predicted octanol–water partition coefficient (Wildman–Crippen LogP) is 3.40. The van der Waals surface area contributed by atoms with Gasteiger partial charge in [-0.1, -0.05) is 54.1 Å². The molecule has 0 spiro atoms. The molecule has 1 N–H and O–H groups in total. The van der Waals surface area contributed by atoms with E-state index in [2.05, 4.69) is 10.2 Å². The van der Waals surface area contributed by atoms with Gasteiger partial charge in [0.2, 0.25) is 11.8 Å². The van der Waals surface area contributed by atoms with Crippen LogP contribution in [0.1, 0.15) is 19.4 Å². The summed E-state index contributed by atoms with van der Waals surface area (Å²) < 4.78 is 0. The zero-order valence-electron chi connectivity index (χ0n) is 16.3. The molecule has 1 saturated heterocycles. The van der Waals surface area contributed by atoms with Crippen LogP contribution < -0.4 is 5.32 Å². The van der Waals surface area contributed by atoms with Crippen LogP contribution in [-0.2, 0) is 15.0 Å². The fourth-order valence-electron chi connectivity index (χ4n) is 3.44. The van der Waals surface area contributed by atoms with Crippen LogP contribution in [0.15, 0.2) is 54.6 Å². The molecule has 148 valence electrons. The van der Waals surface area contributed by atoms with E-state index in [0.717, 1.165) is 5.56 Å². The number of hydrogen-bond donors (Lipinski definition) is 1. The van der Waals surface area contributed by atoms with Gasteiger partial charge in [0.25, 0.3) is 0 Å². The first kappa shape index (κ1) is 20.4. The number of anilines is 1. The molecule has 0 radical (unpaired) electrons.